The second kappa shape index (κ2) is 4.78. The van der Waals surface area contributed by atoms with Crippen molar-refractivity contribution in [3.8, 4) is 0 Å². The maximum absolute atomic E-state index is 11.6. The first-order valence-corrected chi connectivity index (χ1v) is 6.66. The topological polar surface area (TPSA) is 184 Å². The minimum atomic E-state index is -1.85. The van der Waals surface area contributed by atoms with E-state index >= 15 is 0 Å². The molecule has 0 radical (unpaired) electrons. The lowest BCUT2D eigenvalue weighted by molar-refractivity contribution is -0.145. The van der Waals surface area contributed by atoms with Crippen molar-refractivity contribution in [1.29, 1.82) is 0 Å². The fourth-order valence-electron chi connectivity index (χ4n) is 2.76. The Balaban J connectivity index is 2.02. The third-order valence-corrected chi connectivity index (χ3v) is 4.11. The van der Waals surface area contributed by atoms with Crippen molar-refractivity contribution in [2.24, 2.45) is 17.6 Å². The van der Waals surface area contributed by atoms with Crippen molar-refractivity contribution in [2.45, 2.75) is 18.5 Å². The molecule has 3 atom stereocenters. The molecule has 0 amide bonds. The number of carboxylic acid groups (broad SMARTS) is 2. The van der Waals surface area contributed by atoms with Gasteiger partial charge in [0.15, 0.2) is 5.52 Å². The minimum Gasteiger partial charge on any atom is -0.481 e. The number of rotatable bonds is 5. The molecule has 3 rings (SSSR count). The third kappa shape index (κ3) is 2.30. The molecule has 1 fully saturated rings. The summed E-state index contributed by atoms with van der Waals surface area (Å²) in [6.07, 6.45) is 1.33. The molecule has 1 aliphatic carbocycles. The van der Waals surface area contributed by atoms with Crippen LogP contribution in [-0.2, 0) is 16.1 Å². The van der Waals surface area contributed by atoms with Gasteiger partial charge >= 0.3 is 17.6 Å². The Kier molecular flexibility index (Phi) is 3.11. The average Bonchev–Trinajstić information content (AvgIpc) is 3.17. The predicted octanol–water partition coefficient (Wildman–Crippen LogP) is -2.08. The number of nitrogens with zero attached hydrogens (tertiary/aromatic N) is 2. The molecule has 2 heterocycles. The molecule has 0 aromatic carbocycles. The Morgan fingerprint density at radius 2 is 2.09 bits per heavy atom. The van der Waals surface area contributed by atoms with E-state index in [0.29, 0.717) is 0 Å². The Hall–Kier alpha value is -2.95. The molecule has 0 spiro atoms. The van der Waals surface area contributed by atoms with E-state index in [2.05, 4.69) is 9.97 Å². The molecule has 11 heteroatoms. The van der Waals surface area contributed by atoms with E-state index in [1.807, 2.05) is 4.98 Å². The normalized spacial score (nSPS) is 22.7. The van der Waals surface area contributed by atoms with Crippen molar-refractivity contribution in [3.05, 3.63) is 27.2 Å². The van der Waals surface area contributed by atoms with E-state index in [1.165, 1.54) is 10.9 Å². The smallest absolute Gasteiger partial charge is 0.327 e. The van der Waals surface area contributed by atoms with Crippen LogP contribution in [0.1, 0.15) is 6.42 Å². The van der Waals surface area contributed by atoms with Crippen LogP contribution in [0, 0.1) is 11.8 Å². The molecule has 2 aromatic heterocycles. The summed E-state index contributed by atoms with van der Waals surface area (Å²) in [6, 6.07) is 0. The van der Waals surface area contributed by atoms with Gasteiger partial charge in [-0.15, -0.1) is 0 Å². The molecular formula is C12H13N5O6. The van der Waals surface area contributed by atoms with Gasteiger partial charge in [0.2, 0.25) is 0 Å². The number of aromatic nitrogens is 4. The standard InChI is InChI=1S/C12H13N5O6/c13-12(10(21)22,5-1-4(5)9(19)20)2-17-3-14-6-7(17)15-11(23)16-8(6)18/h3-5H,1-2,13H2,(H,19,20)(H,21,22)(H2,15,16,18,23)/t4-,5-,12-/m0/s1. The van der Waals surface area contributed by atoms with Crippen LogP contribution in [0.2, 0.25) is 0 Å². The summed E-state index contributed by atoms with van der Waals surface area (Å²) in [6.45, 7) is -0.327. The molecule has 6 N–H and O–H groups in total. The van der Waals surface area contributed by atoms with Crippen LogP contribution in [0.5, 0.6) is 0 Å². The Bertz CT molecular complexity index is 926. The first-order valence-electron chi connectivity index (χ1n) is 6.66. The summed E-state index contributed by atoms with van der Waals surface area (Å²) >= 11 is 0. The highest BCUT2D eigenvalue weighted by molar-refractivity contribution is 5.83. The van der Waals surface area contributed by atoms with Crippen molar-refractivity contribution in [1.82, 2.24) is 19.5 Å². The van der Waals surface area contributed by atoms with Gasteiger partial charge in [0, 0.05) is 5.92 Å². The quantitative estimate of drug-likeness (QED) is 0.414. The van der Waals surface area contributed by atoms with Crippen molar-refractivity contribution in [3.63, 3.8) is 0 Å². The van der Waals surface area contributed by atoms with Crippen LogP contribution in [0.25, 0.3) is 11.2 Å². The third-order valence-electron chi connectivity index (χ3n) is 4.11. The first kappa shape index (κ1) is 15.0. The number of carbonyl (C=O) groups is 2. The number of H-pyrrole nitrogens is 2. The highest BCUT2D eigenvalue weighted by Crippen LogP contribution is 2.46. The molecule has 0 aliphatic heterocycles. The minimum absolute atomic E-state index is 0.0300. The van der Waals surface area contributed by atoms with Gasteiger partial charge in [-0.1, -0.05) is 0 Å². The summed E-state index contributed by atoms with van der Waals surface area (Å²) in [7, 11) is 0. The fraction of sp³-hybridized carbons (Fsp3) is 0.417. The second-order valence-electron chi connectivity index (χ2n) is 5.61. The molecule has 23 heavy (non-hydrogen) atoms. The van der Waals surface area contributed by atoms with Crippen molar-refractivity contribution >= 4 is 23.1 Å². The number of imidazole rings is 1. The van der Waals surface area contributed by atoms with Crippen molar-refractivity contribution in [2.75, 3.05) is 0 Å². The van der Waals surface area contributed by atoms with Gasteiger partial charge in [0.05, 0.1) is 18.8 Å². The number of carboxylic acids is 2. The van der Waals surface area contributed by atoms with Crippen LogP contribution < -0.4 is 17.0 Å². The predicted molar refractivity (Wildman–Crippen MR) is 74.8 cm³/mol. The SMILES string of the molecule is N[C@](Cn1cnc2c(=O)[nH]c(=O)[nH]c21)(C(=O)O)[C@H]1C[C@@H]1C(=O)O. The van der Waals surface area contributed by atoms with Gasteiger partial charge in [0.1, 0.15) is 11.2 Å². The number of aromatic amines is 2. The maximum Gasteiger partial charge on any atom is 0.327 e. The van der Waals surface area contributed by atoms with E-state index in [4.69, 9.17) is 10.8 Å². The Morgan fingerprint density at radius 3 is 2.65 bits per heavy atom. The fourth-order valence-corrected chi connectivity index (χ4v) is 2.76. The maximum atomic E-state index is 11.6. The van der Waals surface area contributed by atoms with Gasteiger partial charge in [-0.3, -0.25) is 24.4 Å². The van der Waals surface area contributed by atoms with Gasteiger partial charge < -0.3 is 20.5 Å². The van der Waals surface area contributed by atoms with E-state index in [0.717, 1.165) is 0 Å². The lowest BCUT2D eigenvalue weighted by atomic mass is 9.93. The van der Waals surface area contributed by atoms with Crippen molar-refractivity contribution < 1.29 is 19.8 Å². The van der Waals surface area contributed by atoms with Gasteiger partial charge in [-0.25, -0.2) is 9.78 Å². The van der Waals surface area contributed by atoms with E-state index < -0.39 is 40.6 Å². The molecule has 0 unspecified atom stereocenters. The summed E-state index contributed by atoms with van der Waals surface area (Å²) in [4.78, 5) is 53.7. The zero-order valence-electron chi connectivity index (χ0n) is 11.6. The van der Waals surface area contributed by atoms with Gasteiger partial charge in [0.25, 0.3) is 5.56 Å². The zero-order chi connectivity index (χ0) is 16.9. The largest absolute Gasteiger partial charge is 0.481 e. The summed E-state index contributed by atoms with van der Waals surface area (Å²) in [5, 5.41) is 18.4. The molecule has 0 bridgehead atoms. The summed E-state index contributed by atoms with van der Waals surface area (Å²) < 4.78 is 1.23. The number of hydrogen-bond acceptors (Lipinski definition) is 6. The molecule has 1 saturated carbocycles. The lowest BCUT2D eigenvalue weighted by Crippen LogP contribution is -2.54. The Morgan fingerprint density at radius 1 is 1.39 bits per heavy atom. The highest BCUT2D eigenvalue weighted by Gasteiger charge is 2.58. The van der Waals surface area contributed by atoms with Crippen LogP contribution in [-0.4, -0.2) is 47.2 Å². The highest BCUT2D eigenvalue weighted by atomic mass is 16.4. The van der Waals surface area contributed by atoms with E-state index in [-0.39, 0.29) is 24.1 Å². The molecule has 1 aliphatic rings. The van der Waals surface area contributed by atoms with Crippen LogP contribution in [0.4, 0.5) is 0 Å². The zero-order valence-corrected chi connectivity index (χ0v) is 11.6. The first-order chi connectivity index (χ1) is 10.7. The van der Waals surface area contributed by atoms with Gasteiger partial charge in [-0.05, 0) is 6.42 Å². The molecule has 2 aromatic rings. The van der Waals surface area contributed by atoms with E-state index in [9.17, 15) is 24.3 Å². The number of aliphatic carboxylic acids is 2. The Labute approximate surface area is 126 Å². The lowest BCUT2D eigenvalue weighted by Gasteiger charge is -2.25. The van der Waals surface area contributed by atoms with E-state index in [1.54, 1.807) is 0 Å². The second-order valence-corrected chi connectivity index (χ2v) is 5.61. The van der Waals surface area contributed by atoms with Gasteiger partial charge in [-0.2, -0.15) is 0 Å². The molecular weight excluding hydrogens is 310 g/mol. The number of nitrogens with one attached hydrogen (secondary N) is 2. The summed E-state index contributed by atoms with van der Waals surface area (Å²) in [5.41, 5.74) is 2.58. The molecule has 11 nitrogen and oxygen atoms in total. The number of nitrogens with two attached hydrogens (primary N) is 1. The van der Waals surface area contributed by atoms with Crippen LogP contribution >= 0.6 is 0 Å². The number of fused-ring (bicyclic) bond motifs is 1. The molecule has 122 valence electrons. The summed E-state index contributed by atoms with van der Waals surface area (Å²) in [5.74, 6) is -4.04. The average molecular weight is 323 g/mol. The van der Waals surface area contributed by atoms with Crippen LogP contribution in [0.15, 0.2) is 15.9 Å². The monoisotopic (exact) mass is 323 g/mol. The molecule has 0 saturated heterocycles. The number of hydrogen-bond donors (Lipinski definition) is 5. The van der Waals surface area contributed by atoms with Crippen LogP contribution in [0.3, 0.4) is 0 Å².